The van der Waals surface area contributed by atoms with Crippen LogP contribution in [0.15, 0.2) is 0 Å². The Bertz CT molecular complexity index is 216. The molecule has 15 heavy (non-hydrogen) atoms. The number of ether oxygens (including phenoxy) is 1. The van der Waals surface area contributed by atoms with Crippen LogP contribution < -0.4 is 10.8 Å². The number of hydrogen-bond acceptors (Lipinski definition) is 4. The summed E-state index contributed by atoms with van der Waals surface area (Å²) in [6, 6.07) is 0. The fourth-order valence-corrected chi connectivity index (χ4v) is 0.989. The van der Waals surface area contributed by atoms with Crippen LogP contribution in [-0.2, 0) is 14.4 Å². The zero-order valence-electron chi connectivity index (χ0n) is 7.76. The molecule has 2 N–H and O–H groups in total. The highest BCUT2D eigenvalue weighted by Gasteiger charge is 2.29. The van der Waals surface area contributed by atoms with Crippen molar-refractivity contribution >= 4 is 5.91 Å². The Hall–Kier alpha value is -0.860. The van der Waals surface area contributed by atoms with Gasteiger partial charge in [0.15, 0.2) is 12.7 Å². The van der Waals surface area contributed by atoms with E-state index in [1.165, 1.54) is 0 Å². The van der Waals surface area contributed by atoms with E-state index in [9.17, 15) is 18.0 Å². The molecule has 0 aromatic heterocycles. The molecule has 1 heterocycles. The Morgan fingerprint density at radius 3 is 2.87 bits per heavy atom. The van der Waals surface area contributed by atoms with E-state index in [0.29, 0.717) is 13.2 Å². The zero-order chi connectivity index (χ0) is 11.3. The van der Waals surface area contributed by atoms with E-state index in [0.717, 1.165) is 0 Å². The highest BCUT2D eigenvalue weighted by molar-refractivity contribution is 5.80. The van der Waals surface area contributed by atoms with Gasteiger partial charge < -0.3 is 10.1 Å². The third-order valence-electron chi connectivity index (χ3n) is 1.63. The summed E-state index contributed by atoms with van der Waals surface area (Å²) in [5.41, 5.74) is 1.68. The molecule has 0 aliphatic carbocycles. The summed E-state index contributed by atoms with van der Waals surface area (Å²) in [5.74, 6) is -0.716. The van der Waals surface area contributed by atoms with E-state index in [1.807, 2.05) is 0 Å². The second-order valence-corrected chi connectivity index (χ2v) is 2.93. The summed E-state index contributed by atoms with van der Waals surface area (Å²) in [4.78, 5) is 15.1. The highest BCUT2D eigenvalue weighted by Crippen LogP contribution is 2.13. The minimum atomic E-state index is -4.46. The number of nitrogens with one attached hydrogen (secondary N) is 2. The molecule has 1 rings (SSSR count). The first-order chi connectivity index (χ1) is 6.99. The molecule has 0 saturated carbocycles. The maximum Gasteiger partial charge on any atom is 0.414 e. The molecule has 1 aliphatic heterocycles. The molecule has 88 valence electrons. The fraction of sp³-hybridized carbons (Fsp3) is 0.857. The van der Waals surface area contributed by atoms with Gasteiger partial charge in [0, 0.05) is 13.1 Å². The summed E-state index contributed by atoms with van der Waals surface area (Å²) in [6.45, 7) is -0.287. The molecule has 0 bridgehead atoms. The van der Waals surface area contributed by atoms with Crippen LogP contribution in [0.5, 0.6) is 0 Å². The van der Waals surface area contributed by atoms with Gasteiger partial charge in [0.05, 0.1) is 6.61 Å². The number of carbonyl (C=O) groups excluding carboxylic acids is 1. The van der Waals surface area contributed by atoms with Gasteiger partial charge >= 0.3 is 6.18 Å². The number of amides is 1. The molecular weight excluding hydrogens is 217 g/mol. The van der Waals surface area contributed by atoms with Crippen LogP contribution in [0.4, 0.5) is 13.2 Å². The Balaban J connectivity index is 2.17. The van der Waals surface area contributed by atoms with Crippen molar-refractivity contribution in [2.24, 2.45) is 0 Å². The van der Waals surface area contributed by atoms with Crippen molar-refractivity contribution < 1.29 is 27.5 Å². The number of hydroxylamine groups is 1. The number of rotatable bonds is 3. The Labute approximate surface area is 83.9 Å². The van der Waals surface area contributed by atoms with E-state index in [1.54, 1.807) is 5.48 Å². The largest absolute Gasteiger partial charge is 0.414 e. The van der Waals surface area contributed by atoms with Gasteiger partial charge in [0.2, 0.25) is 0 Å². The maximum atomic E-state index is 11.6. The number of morpholine rings is 1. The van der Waals surface area contributed by atoms with Crippen LogP contribution in [0, 0.1) is 0 Å². The highest BCUT2D eigenvalue weighted by atomic mass is 19.4. The number of hydrogen-bond donors (Lipinski definition) is 2. The van der Waals surface area contributed by atoms with Crippen molar-refractivity contribution in [1.82, 2.24) is 10.8 Å². The lowest BCUT2D eigenvalue weighted by atomic mass is 10.3. The lowest BCUT2D eigenvalue weighted by Gasteiger charge is -2.22. The van der Waals surface area contributed by atoms with Crippen LogP contribution in [0.3, 0.4) is 0 Å². The molecule has 5 nitrogen and oxygen atoms in total. The Kier molecular flexibility index (Phi) is 4.30. The molecule has 1 aliphatic rings. The van der Waals surface area contributed by atoms with Crippen LogP contribution in [0.25, 0.3) is 0 Å². The summed E-state index contributed by atoms with van der Waals surface area (Å²) in [7, 11) is 0. The predicted molar refractivity (Wildman–Crippen MR) is 42.8 cm³/mol. The van der Waals surface area contributed by atoms with Crippen molar-refractivity contribution in [2.45, 2.75) is 12.3 Å². The molecule has 1 fully saturated rings. The minimum Gasteiger partial charge on any atom is -0.366 e. The second kappa shape index (κ2) is 5.29. The van der Waals surface area contributed by atoms with Crippen molar-refractivity contribution in [3.63, 3.8) is 0 Å². The molecule has 1 atom stereocenters. The SMILES string of the molecule is O=C(NOCC(F)(F)F)C1CNCCO1. The van der Waals surface area contributed by atoms with Crippen LogP contribution in [0.2, 0.25) is 0 Å². The molecule has 1 amide bonds. The van der Waals surface area contributed by atoms with Gasteiger partial charge in [-0.2, -0.15) is 13.2 Å². The average Bonchev–Trinajstić information content (AvgIpc) is 2.17. The third-order valence-corrected chi connectivity index (χ3v) is 1.63. The zero-order valence-corrected chi connectivity index (χ0v) is 7.76. The molecule has 1 saturated heterocycles. The molecule has 1 unspecified atom stereocenters. The van der Waals surface area contributed by atoms with Crippen molar-refractivity contribution in [3.05, 3.63) is 0 Å². The van der Waals surface area contributed by atoms with Crippen molar-refractivity contribution in [3.8, 4) is 0 Å². The summed E-state index contributed by atoms with van der Waals surface area (Å²) < 4.78 is 39.9. The van der Waals surface area contributed by atoms with Crippen molar-refractivity contribution in [2.75, 3.05) is 26.3 Å². The lowest BCUT2D eigenvalue weighted by molar-refractivity contribution is -0.195. The maximum absolute atomic E-state index is 11.6. The van der Waals surface area contributed by atoms with Gasteiger partial charge in [0.25, 0.3) is 5.91 Å². The smallest absolute Gasteiger partial charge is 0.366 e. The van der Waals surface area contributed by atoms with E-state index >= 15 is 0 Å². The summed E-state index contributed by atoms with van der Waals surface area (Å²) in [5, 5.41) is 2.86. The van der Waals surface area contributed by atoms with E-state index < -0.39 is 24.8 Å². The topological polar surface area (TPSA) is 59.6 Å². The minimum absolute atomic E-state index is 0.265. The first-order valence-electron chi connectivity index (χ1n) is 4.30. The number of alkyl halides is 3. The van der Waals surface area contributed by atoms with Gasteiger partial charge in [-0.05, 0) is 0 Å². The molecule has 8 heteroatoms. The van der Waals surface area contributed by atoms with Gasteiger partial charge in [-0.1, -0.05) is 0 Å². The number of carbonyl (C=O) groups is 1. The van der Waals surface area contributed by atoms with Crippen LogP contribution >= 0.6 is 0 Å². The molecule has 0 aromatic carbocycles. The molecule has 0 spiro atoms. The van der Waals surface area contributed by atoms with Crippen molar-refractivity contribution in [1.29, 1.82) is 0 Å². The van der Waals surface area contributed by atoms with E-state index in [2.05, 4.69) is 10.2 Å². The van der Waals surface area contributed by atoms with Gasteiger partial charge in [-0.25, -0.2) is 5.48 Å². The van der Waals surface area contributed by atoms with Gasteiger partial charge in [0.1, 0.15) is 0 Å². The first-order valence-corrected chi connectivity index (χ1v) is 4.30. The normalized spacial score (nSPS) is 22.5. The number of halogens is 3. The second-order valence-electron chi connectivity index (χ2n) is 2.93. The molecule has 0 radical (unpaired) electrons. The van der Waals surface area contributed by atoms with E-state index in [4.69, 9.17) is 4.74 Å². The van der Waals surface area contributed by atoms with E-state index in [-0.39, 0.29) is 6.54 Å². The monoisotopic (exact) mass is 228 g/mol. The quantitative estimate of drug-likeness (QED) is 0.644. The third kappa shape index (κ3) is 4.96. The van der Waals surface area contributed by atoms with Gasteiger partial charge in [-0.15, -0.1) is 0 Å². The summed E-state index contributed by atoms with van der Waals surface area (Å²) >= 11 is 0. The van der Waals surface area contributed by atoms with Crippen LogP contribution in [0.1, 0.15) is 0 Å². The first kappa shape index (κ1) is 12.2. The fourth-order valence-electron chi connectivity index (χ4n) is 0.989. The van der Waals surface area contributed by atoms with Gasteiger partial charge in [-0.3, -0.25) is 9.63 Å². The molecular formula is C7H11F3N2O3. The Morgan fingerprint density at radius 2 is 2.33 bits per heavy atom. The average molecular weight is 228 g/mol. The summed E-state index contributed by atoms with van der Waals surface area (Å²) in [6.07, 6.45) is -5.26. The lowest BCUT2D eigenvalue weighted by Crippen LogP contribution is -2.48. The Morgan fingerprint density at radius 1 is 1.60 bits per heavy atom. The van der Waals surface area contributed by atoms with Crippen LogP contribution in [-0.4, -0.2) is 44.5 Å². The predicted octanol–water partition coefficient (Wildman–Crippen LogP) is -0.415. The standard InChI is InChI=1S/C7H11F3N2O3/c8-7(9,10)4-15-12-6(13)5-3-11-1-2-14-5/h5,11H,1-4H2,(H,12,13). The molecule has 0 aromatic rings.